The van der Waals surface area contributed by atoms with Gasteiger partial charge in [-0.25, -0.2) is 0 Å². The molecule has 0 aliphatic heterocycles. The molecule has 0 aliphatic carbocycles. The fourth-order valence-corrected chi connectivity index (χ4v) is 2.26. The molecule has 3 heteroatoms. The lowest BCUT2D eigenvalue weighted by atomic mass is 10.1. The monoisotopic (exact) mass is 265 g/mol. The number of hydrogen-bond donors (Lipinski definition) is 1. The summed E-state index contributed by atoms with van der Waals surface area (Å²) in [6.45, 7) is 0.569. The first kappa shape index (κ1) is 10.5. The van der Waals surface area contributed by atoms with Crippen molar-refractivity contribution in [2.45, 2.75) is 6.54 Å². The van der Waals surface area contributed by atoms with Gasteiger partial charge in [-0.1, -0.05) is 18.2 Å². The third kappa shape index (κ3) is 1.85. The van der Waals surface area contributed by atoms with Gasteiger partial charge in [-0.2, -0.15) is 0 Å². The molecule has 0 atom stereocenters. The van der Waals surface area contributed by atoms with Crippen LogP contribution in [0.3, 0.4) is 0 Å². The first-order valence-electron chi connectivity index (χ1n) is 4.71. The average Bonchev–Trinajstić information content (AvgIpc) is 2.29. The van der Waals surface area contributed by atoms with Gasteiger partial charge in [-0.15, -0.1) is 0 Å². The molecule has 0 radical (unpaired) electrons. The highest BCUT2D eigenvalue weighted by molar-refractivity contribution is 9.10. The molecule has 0 fully saturated rings. The van der Waals surface area contributed by atoms with Crippen LogP contribution in [0.5, 0.6) is 5.75 Å². The normalized spacial score (nSPS) is 10.6. The molecule has 0 aromatic heterocycles. The van der Waals surface area contributed by atoms with E-state index in [2.05, 4.69) is 28.1 Å². The van der Waals surface area contributed by atoms with Crippen LogP contribution in [-0.2, 0) is 6.54 Å². The average molecular weight is 266 g/mol. The Labute approximate surface area is 97.2 Å². The molecule has 0 aliphatic rings. The van der Waals surface area contributed by atoms with Crippen LogP contribution in [0.2, 0.25) is 0 Å². The van der Waals surface area contributed by atoms with Crippen molar-refractivity contribution in [2.24, 2.45) is 5.73 Å². The quantitative estimate of drug-likeness (QED) is 0.906. The van der Waals surface area contributed by atoms with E-state index in [4.69, 9.17) is 10.5 Å². The summed E-state index contributed by atoms with van der Waals surface area (Å²) in [5.41, 5.74) is 6.74. The van der Waals surface area contributed by atoms with Crippen molar-refractivity contribution < 1.29 is 4.74 Å². The van der Waals surface area contributed by atoms with Crippen molar-refractivity contribution in [2.75, 3.05) is 7.11 Å². The van der Waals surface area contributed by atoms with Crippen LogP contribution < -0.4 is 10.5 Å². The van der Waals surface area contributed by atoms with Gasteiger partial charge in [0.2, 0.25) is 0 Å². The highest BCUT2D eigenvalue weighted by atomic mass is 79.9. The Balaban J connectivity index is 2.68. The van der Waals surface area contributed by atoms with E-state index in [1.165, 1.54) is 5.39 Å². The van der Waals surface area contributed by atoms with Gasteiger partial charge in [-0.05, 0) is 44.4 Å². The second-order valence-corrected chi connectivity index (χ2v) is 4.13. The van der Waals surface area contributed by atoms with Gasteiger partial charge in [0.05, 0.1) is 11.6 Å². The number of rotatable bonds is 2. The van der Waals surface area contributed by atoms with Crippen LogP contribution in [0.25, 0.3) is 10.8 Å². The Morgan fingerprint density at radius 2 is 2.07 bits per heavy atom. The number of fused-ring (bicyclic) bond motifs is 1. The van der Waals surface area contributed by atoms with E-state index in [0.29, 0.717) is 6.54 Å². The Kier molecular flexibility index (Phi) is 2.93. The number of hydrogen-bond acceptors (Lipinski definition) is 2. The Morgan fingerprint density at radius 3 is 2.73 bits per heavy atom. The van der Waals surface area contributed by atoms with Gasteiger partial charge < -0.3 is 10.5 Å². The molecular formula is C12H12BrNO. The van der Waals surface area contributed by atoms with E-state index in [-0.39, 0.29) is 0 Å². The topological polar surface area (TPSA) is 35.2 Å². The third-order valence-electron chi connectivity index (χ3n) is 2.44. The number of benzene rings is 2. The zero-order valence-electron chi connectivity index (χ0n) is 8.46. The second-order valence-electron chi connectivity index (χ2n) is 3.34. The van der Waals surface area contributed by atoms with Crippen LogP contribution in [0.1, 0.15) is 5.56 Å². The zero-order valence-corrected chi connectivity index (χ0v) is 10.0. The van der Waals surface area contributed by atoms with Gasteiger partial charge in [0.25, 0.3) is 0 Å². The summed E-state index contributed by atoms with van der Waals surface area (Å²) < 4.78 is 6.23. The van der Waals surface area contributed by atoms with Crippen LogP contribution in [0, 0.1) is 0 Å². The van der Waals surface area contributed by atoms with Crippen molar-refractivity contribution in [3.63, 3.8) is 0 Å². The Bertz CT molecular complexity index is 496. The van der Waals surface area contributed by atoms with Gasteiger partial charge >= 0.3 is 0 Å². The van der Waals surface area contributed by atoms with E-state index in [1.807, 2.05) is 18.2 Å². The molecule has 2 rings (SSSR count). The summed E-state index contributed by atoms with van der Waals surface area (Å²) in [5, 5.41) is 2.32. The largest absolute Gasteiger partial charge is 0.496 e. The third-order valence-corrected chi connectivity index (χ3v) is 3.26. The van der Waals surface area contributed by atoms with Gasteiger partial charge in [0, 0.05) is 6.54 Å². The van der Waals surface area contributed by atoms with E-state index in [0.717, 1.165) is 21.2 Å². The molecule has 0 saturated heterocycles. The van der Waals surface area contributed by atoms with Crippen molar-refractivity contribution in [1.29, 1.82) is 0 Å². The van der Waals surface area contributed by atoms with E-state index < -0.39 is 0 Å². The molecular weight excluding hydrogens is 254 g/mol. The SMILES string of the molecule is COc1ccc2cc(CN)ccc2c1Br. The van der Waals surface area contributed by atoms with Crippen LogP contribution >= 0.6 is 15.9 Å². The second kappa shape index (κ2) is 4.21. The number of methoxy groups -OCH3 is 1. The van der Waals surface area contributed by atoms with Crippen molar-refractivity contribution >= 4 is 26.7 Å². The molecule has 0 spiro atoms. The molecule has 2 aromatic rings. The maximum absolute atomic E-state index is 5.60. The van der Waals surface area contributed by atoms with Crippen molar-refractivity contribution in [3.05, 3.63) is 40.4 Å². The van der Waals surface area contributed by atoms with Crippen LogP contribution in [0.4, 0.5) is 0 Å². The van der Waals surface area contributed by atoms with Crippen molar-refractivity contribution in [1.82, 2.24) is 0 Å². The number of nitrogens with two attached hydrogens (primary N) is 1. The summed E-state index contributed by atoms with van der Waals surface area (Å²) >= 11 is 3.53. The summed E-state index contributed by atoms with van der Waals surface area (Å²) in [6.07, 6.45) is 0. The Hall–Kier alpha value is -1.06. The smallest absolute Gasteiger partial charge is 0.133 e. The first-order chi connectivity index (χ1) is 7.26. The predicted octanol–water partition coefficient (Wildman–Crippen LogP) is 3.07. The molecule has 2 N–H and O–H groups in total. The molecule has 0 bridgehead atoms. The lowest BCUT2D eigenvalue weighted by molar-refractivity contribution is 0.413. The molecule has 0 unspecified atom stereocenters. The standard InChI is InChI=1S/C12H12BrNO/c1-15-11-5-3-9-6-8(7-14)2-4-10(9)12(11)13/h2-6H,7,14H2,1H3. The molecule has 78 valence electrons. The van der Waals surface area contributed by atoms with Crippen LogP contribution in [-0.4, -0.2) is 7.11 Å². The lowest BCUT2D eigenvalue weighted by Gasteiger charge is -2.07. The molecule has 0 heterocycles. The van der Waals surface area contributed by atoms with E-state index in [1.54, 1.807) is 7.11 Å². The van der Waals surface area contributed by atoms with Gasteiger partial charge in [0.15, 0.2) is 0 Å². The van der Waals surface area contributed by atoms with Crippen molar-refractivity contribution in [3.8, 4) is 5.75 Å². The van der Waals surface area contributed by atoms with Gasteiger partial charge in [-0.3, -0.25) is 0 Å². The minimum absolute atomic E-state index is 0.569. The molecule has 0 amide bonds. The first-order valence-corrected chi connectivity index (χ1v) is 5.50. The minimum atomic E-state index is 0.569. The number of ether oxygens (including phenoxy) is 1. The van der Waals surface area contributed by atoms with E-state index >= 15 is 0 Å². The Morgan fingerprint density at radius 1 is 1.27 bits per heavy atom. The minimum Gasteiger partial charge on any atom is -0.496 e. The molecule has 15 heavy (non-hydrogen) atoms. The molecule has 2 aromatic carbocycles. The predicted molar refractivity (Wildman–Crippen MR) is 66.1 cm³/mol. The summed E-state index contributed by atoms with van der Waals surface area (Å²) in [4.78, 5) is 0. The maximum Gasteiger partial charge on any atom is 0.133 e. The number of halogens is 1. The van der Waals surface area contributed by atoms with Gasteiger partial charge in [0.1, 0.15) is 5.75 Å². The summed E-state index contributed by atoms with van der Waals surface area (Å²) in [6, 6.07) is 10.2. The maximum atomic E-state index is 5.60. The molecule has 2 nitrogen and oxygen atoms in total. The highest BCUT2D eigenvalue weighted by Gasteiger charge is 2.05. The summed E-state index contributed by atoms with van der Waals surface area (Å²) in [5.74, 6) is 0.850. The molecule has 0 saturated carbocycles. The van der Waals surface area contributed by atoms with Crippen LogP contribution in [0.15, 0.2) is 34.8 Å². The summed E-state index contributed by atoms with van der Waals surface area (Å²) in [7, 11) is 1.67. The van der Waals surface area contributed by atoms with E-state index in [9.17, 15) is 0 Å². The lowest BCUT2D eigenvalue weighted by Crippen LogP contribution is -1.95. The fraction of sp³-hybridized carbons (Fsp3) is 0.167. The zero-order chi connectivity index (χ0) is 10.8. The fourth-order valence-electron chi connectivity index (χ4n) is 1.61. The highest BCUT2D eigenvalue weighted by Crippen LogP contribution is 2.33.